The van der Waals surface area contributed by atoms with E-state index >= 15 is 0 Å². The average molecular weight is 370 g/mol. The van der Waals surface area contributed by atoms with E-state index < -0.39 is 0 Å². The van der Waals surface area contributed by atoms with Crippen LogP contribution in [0.1, 0.15) is 18.5 Å². The van der Waals surface area contributed by atoms with Gasteiger partial charge in [0.05, 0.1) is 6.04 Å². The van der Waals surface area contributed by atoms with E-state index in [1.54, 1.807) is 0 Å². The molecule has 1 saturated heterocycles. The summed E-state index contributed by atoms with van der Waals surface area (Å²) in [6, 6.07) is 14.3. The van der Waals surface area contributed by atoms with Crippen molar-refractivity contribution in [3.05, 3.63) is 48.0 Å². The molecule has 24 heavy (non-hydrogen) atoms. The van der Waals surface area contributed by atoms with E-state index in [-0.39, 0.29) is 42.7 Å². The lowest BCUT2D eigenvalue weighted by molar-refractivity contribution is -0.127. The van der Waals surface area contributed by atoms with Crippen LogP contribution < -0.4 is 16.4 Å². The number of nitrogens with two attached hydrogens (primary N) is 1. The predicted octanol–water partition coefficient (Wildman–Crippen LogP) is 2.65. The molecule has 3 rings (SSSR count). The molecule has 0 saturated carbocycles. The van der Waals surface area contributed by atoms with E-state index in [2.05, 4.69) is 41.0 Å². The monoisotopic (exact) mass is 369 g/mol. The summed E-state index contributed by atoms with van der Waals surface area (Å²) >= 11 is 0. The fourth-order valence-corrected chi connectivity index (χ4v) is 2.88. The number of hydrogen-bond donors (Lipinski definition) is 3. The second-order valence-corrected chi connectivity index (χ2v) is 6.11. The first-order valence-electron chi connectivity index (χ1n) is 7.89. The van der Waals surface area contributed by atoms with Crippen LogP contribution >= 0.6 is 24.8 Å². The number of rotatable bonds is 5. The Labute approximate surface area is 155 Å². The number of halogens is 2. The molecule has 0 aromatic heterocycles. The SMILES string of the molecule is CC(C(=O)NC(CN)c1ccc2ccccc2c1)C1CNC1.Cl.Cl. The summed E-state index contributed by atoms with van der Waals surface area (Å²) in [5.74, 6) is 0.556. The maximum Gasteiger partial charge on any atom is 0.223 e. The van der Waals surface area contributed by atoms with E-state index in [1.807, 2.05) is 19.1 Å². The molecule has 132 valence electrons. The van der Waals surface area contributed by atoms with Crippen LogP contribution in [0.4, 0.5) is 0 Å². The number of carbonyl (C=O) groups excluding carboxylic acids is 1. The Morgan fingerprint density at radius 2 is 1.88 bits per heavy atom. The molecule has 1 amide bonds. The van der Waals surface area contributed by atoms with Gasteiger partial charge in [0.15, 0.2) is 0 Å². The van der Waals surface area contributed by atoms with Gasteiger partial charge < -0.3 is 16.4 Å². The highest BCUT2D eigenvalue weighted by Gasteiger charge is 2.29. The first-order chi connectivity index (χ1) is 10.7. The third kappa shape index (κ3) is 4.39. The zero-order valence-electron chi connectivity index (χ0n) is 13.7. The fraction of sp³-hybridized carbons (Fsp3) is 0.389. The Balaban J connectivity index is 0.00000144. The molecule has 0 aliphatic carbocycles. The first-order valence-corrected chi connectivity index (χ1v) is 7.89. The highest BCUT2D eigenvalue weighted by atomic mass is 35.5. The number of hydrogen-bond acceptors (Lipinski definition) is 3. The van der Waals surface area contributed by atoms with E-state index in [9.17, 15) is 4.79 Å². The van der Waals surface area contributed by atoms with Crippen molar-refractivity contribution >= 4 is 41.5 Å². The van der Waals surface area contributed by atoms with E-state index in [0.29, 0.717) is 12.5 Å². The van der Waals surface area contributed by atoms with Gasteiger partial charge in [0.1, 0.15) is 0 Å². The van der Waals surface area contributed by atoms with Crippen molar-refractivity contribution in [2.75, 3.05) is 19.6 Å². The van der Waals surface area contributed by atoms with Gasteiger partial charge >= 0.3 is 0 Å². The summed E-state index contributed by atoms with van der Waals surface area (Å²) in [6.07, 6.45) is 0. The third-order valence-electron chi connectivity index (χ3n) is 4.66. The summed E-state index contributed by atoms with van der Waals surface area (Å²) in [6.45, 7) is 4.25. The van der Waals surface area contributed by atoms with Crippen LogP contribution in [0.25, 0.3) is 10.8 Å². The maximum absolute atomic E-state index is 12.4. The molecule has 1 aliphatic heterocycles. The number of nitrogens with one attached hydrogen (secondary N) is 2. The maximum atomic E-state index is 12.4. The van der Waals surface area contributed by atoms with Gasteiger partial charge in [-0.1, -0.05) is 43.3 Å². The lowest BCUT2D eigenvalue weighted by atomic mass is 9.88. The highest BCUT2D eigenvalue weighted by molar-refractivity contribution is 5.86. The molecule has 4 N–H and O–H groups in total. The van der Waals surface area contributed by atoms with Crippen LogP contribution in [0.2, 0.25) is 0 Å². The topological polar surface area (TPSA) is 67.2 Å². The van der Waals surface area contributed by atoms with E-state index in [0.717, 1.165) is 18.7 Å². The molecule has 2 atom stereocenters. The van der Waals surface area contributed by atoms with Crippen molar-refractivity contribution in [2.45, 2.75) is 13.0 Å². The van der Waals surface area contributed by atoms with Gasteiger partial charge in [-0.15, -0.1) is 24.8 Å². The lowest BCUT2D eigenvalue weighted by Gasteiger charge is -2.32. The van der Waals surface area contributed by atoms with E-state index in [1.165, 1.54) is 10.8 Å². The van der Waals surface area contributed by atoms with Crippen molar-refractivity contribution in [1.29, 1.82) is 0 Å². The van der Waals surface area contributed by atoms with Gasteiger partial charge in [-0.05, 0) is 41.4 Å². The minimum atomic E-state index is -0.132. The minimum absolute atomic E-state index is 0. The van der Waals surface area contributed by atoms with Crippen molar-refractivity contribution in [3.63, 3.8) is 0 Å². The zero-order chi connectivity index (χ0) is 15.5. The summed E-state index contributed by atoms with van der Waals surface area (Å²) in [7, 11) is 0. The summed E-state index contributed by atoms with van der Waals surface area (Å²) in [4.78, 5) is 12.4. The van der Waals surface area contributed by atoms with Gasteiger partial charge in [-0.25, -0.2) is 0 Å². The molecule has 6 heteroatoms. The van der Waals surface area contributed by atoms with Crippen molar-refractivity contribution in [1.82, 2.24) is 10.6 Å². The normalized spacial score (nSPS) is 16.2. The Bertz CT molecular complexity index is 676. The van der Waals surface area contributed by atoms with Gasteiger partial charge in [0, 0.05) is 12.5 Å². The Morgan fingerprint density at radius 3 is 2.46 bits per heavy atom. The molecule has 4 nitrogen and oxygen atoms in total. The van der Waals surface area contributed by atoms with Crippen LogP contribution in [0.15, 0.2) is 42.5 Å². The minimum Gasteiger partial charge on any atom is -0.348 e. The van der Waals surface area contributed by atoms with Gasteiger partial charge in [0.25, 0.3) is 0 Å². The second kappa shape index (κ2) is 9.23. The molecule has 0 bridgehead atoms. The first kappa shape index (κ1) is 20.7. The smallest absolute Gasteiger partial charge is 0.223 e. The Kier molecular flexibility index (Phi) is 7.97. The van der Waals surface area contributed by atoms with Gasteiger partial charge in [0.2, 0.25) is 5.91 Å². The van der Waals surface area contributed by atoms with Crippen LogP contribution in [-0.4, -0.2) is 25.5 Å². The largest absolute Gasteiger partial charge is 0.348 e. The standard InChI is InChI=1S/C18H23N3O.2ClH/c1-12(16-10-20-11-16)18(22)21-17(9-19)15-7-6-13-4-2-3-5-14(13)8-15;;/h2-8,12,16-17,20H,9-11,19H2,1H3,(H,21,22);2*1H. The number of fused-ring (bicyclic) bond motifs is 1. The average Bonchev–Trinajstić information content (AvgIpc) is 2.50. The summed E-state index contributed by atoms with van der Waals surface area (Å²) in [5, 5.41) is 8.68. The molecule has 1 fully saturated rings. The van der Waals surface area contributed by atoms with Crippen LogP contribution in [-0.2, 0) is 4.79 Å². The van der Waals surface area contributed by atoms with Crippen molar-refractivity contribution in [3.8, 4) is 0 Å². The molecule has 1 heterocycles. The highest BCUT2D eigenvalue weighted by Crippen LogP contribution is 2.22. The van der Waals surface area contributed by atoms with Gasteiger partial charge in [-0.2, -0.15) is 0 Å². The number of benzene rings is 2. The molecular formula is C18H25Cl2N3O. The molecule has 2 unspecified atom stereocenters. The molecule has 2 aromatic rings. The van der Waals surface area contributed by atoms with Crippen LogP contribution in [0.3, 0.4) is 0 Å². The molecule has 1 aliphatic rings. The lowest BCUT2D eigenvalue weighted by Crippen LogP contribution is -2.50. The second-order valence-electron chi connectivity index (χ2n) is 6.11. The molecule has 0 radical (unpaired) electrons. The molecule has 0 spiro atoms. The third-order valence-corrected chi connectivity index (χ3v) is 4.66. The van der Waals surface area contributed by atoms with Crippen LogP contribution in [0.5, 0.6) is 0 Å². The van der Waals surface area contributed by atoms with Crippen LogP contribution in [0, 0.1) is 11.8 Å². The van der Waals surface area contributed by atoms with E-state index in [4.69, 9.17) is 5.73 Å². The molecular weight excluding hydrogens is 345 g/mol. The number of amides is 1. The quantitative estimate of drug-likeness (QED) is 0.758. The summed E-state index contributed by atoms with van der Waals surface area (Å²) < 4.78 is 0. The Morgan fingerprint density at radius 1 is 1.21 bits per heavy atom. The molecule has 2 aromatic carbocycles. The zero-order valence-corrected chi connectivity index (χ0v) is 15.3. The number of carbonyl (C=O) groups is 1. The van der Waals surface area contributed by atoms with Crippen molar-refractivity contribution < 1.29 is 4.79 Å². The van der Waals surface area contributed by atoms with Crippen molar-refractivity contribution in [2.24, 2.45) is 17.6 Å². The van der Waals surface area contributed by atoms with Gasteiger partial charge in [-0.3, -0.25) is 4.79 Å². The predicted molar refractivity (Wildman–Crippen MR) is 104 cm³/mol. The summed E-state index contributed by atoms with van der Waals surface area (Å²) in [5.41, 5.74) is 6.96. The fourth-order valence-electron chi connectivity index (χ4n) is 2.88. The Hall–Kier alpha value is -1.33.